The molecule has 1 heterocycles. The van der Waals surface area contributed by atoms with Crippen molar-refractivity contribution >= 4 is 17.4 Å². The van der Waals surface area contributed by atoms with E-state index >= 15 is 0 Å². The highest BCUT2D eigenvalue weighted by molar-refractivity contribution is 5.98. The first-order chi connectivity index (χ1) is 13.0. The SMILES string of the molecule is CCC(=O)N(C)c1ccc(-c2ccc(C(=O)Cc3cnn(C)c3)cc2)cc1. The molecule has 5 nitrogen and oxygen atoms in total. The number of rotatable bonds is 6. The number of hydrogen-bond acceptors (Lipinski definition) is 3. The Kier molecular flexibility index (Phi) is 5.50. The third kappa shape index (κ3) is 4.31. The lowest BCUT2D eigenvalue weighted by Crippen LogP contribution is -2.24. The van der Waals surface area contributed by atoms with E-state index in [4.69, 9.17) is 0 Å². The molecule has 0 aliphatic heterocycles. The Morgan fingerprint density at radius 2 is 1.59 bits per heavy atom. The van der Waals surface area contributed by atoms with Gasteiger partial charge in [-0.05, 0) is 28.8 Å². The first kappa shape index (κ1) is 18.6. The lowest BCUT2D eigenvalue weighted by Gasteiger charge is -2.16. The van der Waals surface area contributed by atoms with Gasteiger partial charge in [0, 0.05) is 44.4 Å². The van der Waals surface area contributed by atoms with Crippen LogP contribution in [-0.2, 0) is 18.3 Å². The van der Waals surface area contributed by atoms with Crippen LogP contribution in [0.5, 0.6) is 0 Å². The van der Waals surface area contributed by atoms with Gasteiger partial charge in [-0.25, -0.2) is 0 Å². The van der Waals surface area contributed by atoms with Crippen LogP contribution in [0.15, 0.2) is 60.9 Å². The Morgan fingerprint density at radius 3 is 2.11 bits per heavy atom. The summed E-state index contributed by atoms with van der Waals surface area (Å²) in [7, 11) is 3.62. The molecular weight excluding hydrogens is 338 g/mol. The fourth-order valence-electron chi connectivity index (χ4n) is 2.96. The lowest BCUT2D eigenvalue weighted by molar-refractivity contribution is -0.118. The average Bonchev–Trinajstić information content (AvgIpc) is 3.11. The number of benzene rings is 2. The normalized spacial score (nSPS) is 10.6. The van der Waals surface area contributed by atoms with Gasteiger partial charge in [-0.1, -0.05) is 43.3 Å². The van der Waals surface area contributed by atoms with Gasteiger partial charge in [-0.15, -0.1) is 0 Å². The maximum atomic E-state index is 12.4. The highest BCUT2D eigenvalue weighted by Crippen LogP contribution is 2.24. The number of amides is 1. The Morgan fingerprint density at radius 1 is 1.00 bits per heavy atom. The molecule has 27 heavy (non-hydrogen) atoms. The molecule has 3 rings (SSSR count). The molecule has 0 radical (unpaired) electrons. The smallest absolute Gasteiger partial charge is 0.226 e. The number of Topliss-reactive ketones (excluding diaryl/α,β-unsaturated/α-hetero) is 1. The number of carbonyl (C=O) groups excluding carboxylic acids is 2. The highest BCUT2D eigenvalue weighted by Gasteiger charge is 2.10. The van der Waals surface area contributed by atoms with Crippen LogP contribution in [0, 0.1) is 0 Å². The van der Waals surface area contributed by atoms with E-state index in [-0.39, 0.29) is 11.7 Å². The van der Waals surface area contributed by atoms with Gasteiger partial charge in [0.05, 0.1) is 6.20 Å². The van der Waals surface area contributed by atoms with Crippen molar-refractivity contribution in [2.24, 2.45) is 7.05 Å². The van der Waals surface area contributed by atoms with Gasteiger partial charge in [-0.3, -0.25) is 14.3 Å². The van der Waals surface area contributed by atoms with E-state index in [1.165, 1.54) is 0 Å². The van der Waals surface area contributed by atoms with Crippen molar-refractivity contribution < 1.29 is 9.59 Å². The van der Waals surface area contributed by atoms with Crippen LogP contribution in [0.2, 0.25) is 0 Å². The molecule has 0 saturated heterocycles. The van der Waals surface area contributed by atoms with Crippen LogP contribution < -0.4 is 4.90 Å². The monoisotopic (exact) mass is 361 g/mol. The van der Waals surface area contributed by atoms with E-state index in [1.807, 2.05) is 68.7 Å². The van der Waals surface area contributed by atoms with Gasteiger partial charge in [-0.2, -0.15) is 5.10 Å². The second-order valence-electron chi connectivity index (χ2n) is 6.55. The van der Waals surface area contributed by atoms with E-state index in [1.54, 1.807) is 22.8 Å². The van der Waals surface area contributed by atoms with Crippen LogP contribution in [0.4, 0.5) is 5.69 Å². The molecule has 0 spiro atoms. The van der Waals surface area contributed by atoms with Crippen LogP contribution >= 0.6 is 0 Å². The van der Waals surface area contributed by atoms with Gasteiger partial charge in [0.2, 0.25) is 5.91 Å². The summed E-state index contributed by atoms with van der Waals surface area (Å²) in [4.78, 5) is 25.9. The summed E-state index contributed by atoms with van der Waals surface area (Å²) in [5.74, 6) is 0.156. The maximum Gasteiger partial charge on any atom is 0.226 e. The molecule has 3 aromatic rings. The number of nitrogens with zero attached hydrogens (tertiary/aromatic N) is 3. The number of aryl methyl sites for hydroxylation is 1. The zero-order valence-electron chi connectivity index (χ0n) is 15.8. The third-order valence-corrected chi connectivity index (χ3v) is 4.59. The largest absolute Gasteiger partial charge is 0.316 e. The molecule has 1 amide bonds. The molecule has 5 heteroatoms. The minimum Gasteiger partial charge on any atom is -0.316 e. The van der Waals surface area contributed by atoms with E-state index < -0.39 is 0 Å². The summed E-state index contributed by atoms with van der Waals surface area (Å²) < 4.78 is 1.70. The van der Waals surface area contributed by atoms with Crippen molar-refractivity contribution in [2.75, 3.05) is 11.9 Å². The molecule has 138 valence electrons. The maximum absolute atomic E-state index is 12.4. The number of hydrogen-bond donors (Lipinski definition) is 0. The fourth-order valence-corrected chi connectivity index (χ4v) is 2.96. The zero-order valence-corrected chi connectivity index (χ0v) is 15.8. The molecule has 2 aromatic carbocycles. The Hall–Kier alpha value is -3.21. The van der Waals surface area contributed by atoms with Gasteiger partial charge in [0.15, 0.2) is 5.78 Å². The predicted octanol–water partition coefficient (Wildman–Crippen LogP) is 3.89. The molecule has 0 fully saturated rings. The minimum absolute atomic E-state index is 0.0737. The van der Waals surface area contributed by atoms with Crippen LogP contribution in [0.25, 0.3) is 11.1 Å². The van der Waals surface area contributed by atoms with Crippen molar-refractivity contribution in [3.8, 4) is 11.1 Å². The van der Waals surface area contributed by atoms with E-state index in [0.29, 0.717) is 18.4 Å². The van der Waals surface area contributed by atoms with Crippen molar-refractivity contribution in [3.63, 3.8) is 0 Å². The van der Waals surface area contributed by atoms with E-state index in [2.05, 4.69) is 5.10 Å². The number of anilines is 1. The van der Waals surface area contributed by atoms with Crippen molar-refractivity contribution in [1.82, 2.24) is 9.78 Å². The van der Waals surface area contributed by atoms with E-state index in [0.717, 1.165) is 22.4 Å². The molecule has 0 aliphatic rings. The summed E-state index contributed by atoms with van der Waals surface area (Å²) in [6, 6.07) is 15.5. The Bertz CT molecular complexity index is 940. The molecular formula is C22H23N3O2. The summed E-state index contributed by atoms with van der Waals surface area (Å²) in [5.41, 5.74) is 4.54. The van der Waals surface area contributed by atoms with Gasteiger partial charge >= 0.3 is 0 Å². The quantitative estimate of drug-likeness (QED) is 0.626. The first-order valence-corrected chi connectivity index (χ1v) is 8.95. The number of carbonyl (C=O) groups is 2. The summed E-state index contributed by atoms with van der Waals surface area (Å²) in [5, 5.41) is 4.09. The average molecular weight is 361 g/mol. The third-order valence-electron chi connectivity index (χ3n) is 4.59. The zero-order chi connectivity index (χ0) is 19.4. The summed E-state index contributed by atoms with van der Waals surface area (Å²) in [6.07, 6.45) is 4.40. The second-order valence-corrected chi connectivity index (χ2v) is 6.55. The molecule has 0 saturated carbocycles. The molecule has 1 aromatic heterocycles. The molecule has 0 unspecified atom stereocenters. The fraction of sp³-hybridized carbons (Fsp3) is 0.227. The van der Waals surface area contributed by atoms with Crippen molar-refractivity contribution in [2.45, 2.75) is 19.8 Å². The molecule has 0 bridgehead atoms. The highest BCUT2D eigenvalue weighted by atomic mass is 16.2. The topological polar surface area (TPSA) is 55.2 Å². The van der Waals surface area contributed by atoms with Gasteiger partial charge in [0.1, 0.15) is 0 Å². The predicted molar refractivity (Wildman–Crippen MR) is 107 cm³/mol. The van der Waals surface area contributed by atoms with Crippen molar-refractivity contribution in [3.05, 3.63) is 72.1 Å². The lowest BCUT2D eigenvalue weighted by atomic mass is 10.00. The second kappa shape index (κ2) is 7.99. The van der Waals surface area contributed by atoms with Gasteiger partial charge < -0.3 is 4.90 Å². The minimum atomic E-state index is 0.0737. The van der Waals surface area contributed by atoms with E-state index in [9.17, 15) is 9.59 Å². The molecule has 0 aliphatic carbocycles. The molecule has 0 atom stereocenters. The van der Waals surface area contributed by atoms with Crippen LogP contribution in [0.3, 0.4) is 0 Å². The van der Waals surface area contributed by atoms with Crippen molar-refractivity contribution in [1.29, 1.82) is 0 Å². The Labute approximate surface area is 159 Å². The first-order valence-electron chi connectivity index (χ1n) is 8.95. The summed E-state index contributed by atoms with van der Waals surface area (Å²) >= 11 is 0. The summed E-state index contributed by atoms with van der Waals surface area (Å²) in [6.45, 7) is 1.85. The molecule has 0 N–H and O–H groups in total. The van der Waals surface area contributed by atoms with Gasteiger partial charge in [0.25, 0.3) is 0 Å². The number of aromatic nitrogens is 2. The Balaban J connectivity index is 1.71. The number of ketones is 1. The van der Waals surface area contributed by atoms with Crippen LogP contribution in [0.1, 0.15) is 29.3 Å². The standard InChI is InChI=1S/C22H23N3O2/c1-4-22(27)25(3)20-11-9-18(10-12-20)17-5-7-19(8-6-17)21(26)13-16-14-23-24(2)15-16/h5-12,14-15H,4,13H2,1-3H3. The van der Waals surface area contributed by atoms with Crippen LogP contribution in [-0.4, -0.2) is 28.5 Å².